The Morgan fingerprint density at radius 2 is 1.75 bits per heavy atom. The predicted molar refractivity (Wildman–Crippen MR) is 114 cm³/mol. The van der Waals surface area contributed by atoms with Gasteiger partial charge < -0.3 is 10.0 Å². The molecule has 1 heterocycles. The van der Waals surface area contributed by atoms with E-state index in [9.17, 15) is 13.5 Å². The quantitative estimate of drug-likeness (QED) is 0.736. The Morgan fingerprint density at radius 1 is 1.07 bits per heavy atom. The summed E-state index contributed by atoms with van der Waals surface area (Å²) < 4.78 is 27.7. The van der Waals surface area contributed by atoms with Gasteiger partial charge >= 0.3 is 0 Å². The highest BCUT2D eigenvalue weighted by molar-refractivity contribution is 7.88. The van der Waals surface area contributed by atoms with Crippen LogP contribution in [0.4, 0.5) is 5.69 Å². The molecule has 2 aromatic rings. The Kier molecular flexibility index (Phi) is 6.75. The van der Waals surface area contributed by atoms with Crippen molar-refractivity contribution in [1.82, 2.24) is 4.31 Å². The fourth-order valence-corrected chi connectivity index (χ4v) is 5.22. The lowest BCUT2D eigenvalue weighted by Crippen LogP contribution is -2.34. The minimum atomic E-state index is -3.41. The molecule has 0 saturated carbocycles. The fourth-order valence-electron chi connectivity index (χ4n) is 3.55. The molecule has 1 fully saturated rings. The van der Waals surface area contributed by atoms with Crippen molar-refractivity contribution in [2.45, 2.75) is 38.7 Å². The van der Waals surface area contributed by atoms with E-state index in [0.29, 0.717) is 19.6 Å². The third-order valence-corrected chi connectivity index (χ3v) is 6.74. The summed E-state index contributed by atoms with van der Waals surface area (Å²) in [6.07, 6.45) is 0.533. The first-order chi connectivity index (χ1) is 13.3. The molecule has 28 heavy (non-hydrogen) atoms. The summed E-state index contributed by atoms with van der Waals surface area (Å²) in [5.74, 6) is 0.264. The molecule has 5 nitrogen and oxygen atoms in total. The zero-order valence-corrected chi connectivity index (χ0v) is 17.5. The van der Waals surface area contributed by atoms with Crippen molar-refractivity contribution in [3.05, 3.63) is 65.7 Å². The number of β-amino-alcohol motifs (C(OH)–C–C–N with tert-alkyl or cyclic N) is 1. The predicted octanol–water partition coefficient (Wildman–Crippen LogP) is 3.25. The van der Waals surface area contributed by atoms with Crippen LogP contribution in [0.1, 0.15) is 31.4 Å². The van der Waals surface area contributed by atoms with Gasteiger partial charge in [0.05, 0.1) is 11.9 Å². The minimum absolute atomic E-state index is 0.0182. The molecular formula is C22H30N2O3S. The number of rotatable bonds is 8. The third-order valence-electron chi connectivity index (χ3n) is 4.98. The Labute approximate surface area is 168 Å². The standard InChI is InChI=1S/C22H30N2O3S/c1-18(2)14-24(28(26,27)17-20-6-4-3-5-7-20)15-19-8-10-21(11-9-19)23-13-12-22(25)16-23/h3-11,18,22,25H,12-17H2,1-2H3/t22-/m0/s1. The molecule has 0 amide bonds. The highest BCUT2D eigenvalue weighted by atomic mass is 32.2. The van der Waals surface area contributed by atoms with E-state index in [4.69, 9.17) is 0 Å². The smallest absolute Gasteiger partial charge is 0.218 e. The molecule has 3 rings (SSSR count). The van der Waals surface area contributed by atoms with Gasteiger partial charge in [-0.25, -0.2) is 8.42 Å². The van der Waals surface area contributed by atoms with Gasteiger partial charge in [-0.2, -0.15) is 4.31 Å². The number of anilines is 1. The summed E-state index contributed by atoms with van der Waals surface area (Å²) in [5, 5.41) is 9.71. The summed E-state index contributed by atoms with van der Waals surface area (Å²) in [6.45, 7) is 6.45. The molecule has 1 aliphatic heterocycles. The van der Waals surface area contributed by atoms with Crippen LogP contribution in [0.2, 0.25) is 0 Å². The van der Waals surface area contributed by atoms with Crippen LogP contribution < -0.4 is 4.90 Å². The maximum Gasteiger partial charge on any atom is 0.218 e. The number of benzene rings is 2. The first-order valence-corrected chi connectivity index (χ1v) is 11.5. The van der Waals surface area contributed by atoms with Gasteiger partial charge in [-0.1, -0.05) is 56.3 Å². The van der Waals surface area contributed by atoms with Crippen LogP contribution in [0.25, 0.3) is 0 Å². The molecule has 0 spiro atoms. The highest BCUT2D eigenvalue weighted by Gasteiger charge is 2.24. The minimum Gasteiger partial charge on any atom is -0.391 e. The molecule has 0 aliphatic carbocycles. The van der Waals surface area contributed by atoms with Crippen molar-refractivity contribution in [2.24, 2.45) is 5.92 Å². The van der Waals surface area contributed by atoms with Crippen molar-refractivity contribution in [3.8, 4) is 0 Å². The van der Waals surface area contributed by atoms with E-state index in [1.54, 1.807) is 4.31 Å². The highest BCUT2D eigenvalue weighted by Crippen LogP contribution is 2.22. The molecule has 1 saturated heterocycles. The van der Waals surface area contributed by atoms with E-state index in [1.807, 2.05) is 68.4 Å². The second kappa shape index (κ2) is 9.07. The molecule has 1 N–H and O–H groups in total. The van der Waals surface area contributed by atoms with Gasteiger partial charge in [-0.3, -0.25) is 0 Å². The SMILES string of the molecule is CC(C)CN(Cc1ccc(N2CC[C@H](O)C2)cc1)S(=O)(=O)Cc1ccccc1. The van der Waals surface area contributed by atoms with E-state index >= 15 is 0 Å². The van der Waals surface area contributed by atoms with Crippen LogP contribution in [0.15, 0.2) is 54.6 Å². The maximum absolute atomic E-state index is 13.0. The van der Waals surface area contributed by atoms with Crippen molar-refractivity contribution < 1.29 is 13.5 Å². The van der Waals surface area contributed by atoms with Crippen LogP contribution in [-0.4, -0.2) is 43.6 Å². The molecule has 2 aromatic carbocycles. The molecule has 0 aromatic heterocycles. The van der Waals surface area contributed by atoms with Crippen LogP contribution in [-0.2, 0) is 22.3 Å². The molecule has 0 unspecified atom stereocenters. The summed E-state index contributed by atoms with van der Waals surface area (Å²) in [4.78, 5) is 2.16. The summed E-state index contributed by atoms with van der Waals surface area (Å²) in [6, 6.07) is 17.3. The van der Waals surface area contributed by atoms with Gasteiger partial charge in [0.2, 0.25) is 10.0 Å². The van der Waals surface area contributed by atoms with Crippen LogP contribution in [0.5, 0.6) is 0 Å². The monoisotopic (exact) mass is 402 g/mol. The lowest BCUT2D eigenvalue weighted by Gasteiger charge is -2.25. The summed E-state index contributed by atoms with van der Waals surface area (Å²) in [7, 11) is -3.41. The molecule has 1 atom stereocenters. The lowest BCUT2D eigenvalue weighted by atomic mass is 10.1. The van der Waals surface area contributed by atoms with Gasteiger partial charge in [-0.05, 0) is 35.6 Å². The average Bonchev–Trinajstić information content (AvgIpc) is 3.08. The third kappa shape index (κ3) is 5.56. The zero-order chi connectivity index (χ0) is 20.1. The number of hydrogen-bond donors (Lipinski definition) is 1. The molecular weight excluding hydrogens is 372 g/mol. The Balaban J connectivity index is 1.73. The Hall–Kier alpha value is -1.89. The Morgan fingerprint density at radius 3 is 2.32 bits per heavy atom. The van der Waals surface area contributed by atoms with Gasteiger partial charge in [-0.15, -0.1) is 0 Å². The molecule has 0 bridgehead atoms. The van der Waals surface area contributed by atoms with Crippen molar-refractivity contribution in [1.29, 1.82) is 0 Å². The normalized spacial score (nSPS) is 17.6. The second-order valence-electron chi connectivity index (χ2n) is 7.98. The maximum atomic E-state index is 13.0. The number of sulfonamides is 1. The number of nitrogens with zero attached hydrogens (tertiary/aromatic N) is 2. The largest absolute Gasteiger partial charge is 0.391 e. The van der Waals surface area contributed by atoms with E-state index < -0.39 is 10.0 Å². The van der Waals surface area contributed by atoms with Gasteiger partial charge in [0.15, 0.2) is 0 Å². The molecule has 1 aliphatic rings. The fraction of sp³-hybridized carbons (Fsp3) is 0.455. The van der Waals surface area contributed by atoms with E-state index in [1.165, 1.54) is 0 Å². The summed E-state index contributed by atoms with van der Waals surface area (Å²) >= 11 is 0. The van der Waals surface area contributed by atoms with Gasteiger partial charge in [0, 0.05) is 31.9 Å². The van der Waals surface area contributed by atoms with Crippen LogP contribution in [0, 0.1) is 5.92 Å². The van der Waals surface area contributed by atoms with Crippen LogP contribution in [0.3, 0.4) is 0 Å². The first-order valence-electron chi connectivity index (χ1n) is 9.87. The topological polar surface area (TPSA) is 60.9 Å². The van der Waals surface area contributed by atoms with Gasteiger partial charge in [0.25, 0.3) is 0 Å². The summed E-state index contributed by atoms with van der Waals surface area (Å²) in [5.41, 5.74) is 2.85. The number of aliphatic hydroxyl groups excluding tert-OH is 1. The average molecular weight is 403 g/mol. The Bertz CT molecular complexity index is 851. The molecule has 0 radical (unpaired) electrons. The molecule has 6 heteroatoms. The second-order valence-corrected chi connectivity index (χ2v) is 9.95. The number of hydrogen-bond acceptors (Lipinski definition) is 4. The van der Waals surface area contributed by atoms with Crippen LogP contribution >= 0.6 is 0 Å². The van der Waals surface area contributed by atoms with Gasteiger partial charge in [0.1, 0.15) is 0 Å². The van der Waals surface area contributed by atoms with Crippen molar-refractivity contribution in [3.63, 3.8) is 0 Å². The van der Waals surface area contributed by atoms with E-state index in [0.717, 1.165) is 29.8 Å². The van der Waals surface area contributed by atoms with Crippen molar-refractivity contribution >= 4 is 15.7 Å². The van der Waals surface area contributed by atoms with E-state index in [2.05, 4.69) is 4.90 Å². The number of aliphatic hydroxyl groups is 1. The van der Waals surface area contributed by atoms with E-state index in [-0.39, 0.29) is 17.8 Å². The first kappa shape index (κ1) is 20.8. The van der Waals surface area contributed by atoms with Crippen molar-refractivity contribution in [2.75, 3.05) is 24.5 Å². The molecule has 152 valence electrons. The zero-order valence-electron chi connectivity index (χ0n) is 16.7. The lowest BCUT2D eigenvalue weighted by molar-refractivity contribution is 0.198.